The van der Waals surface area contributed by atoms with E-state index in [1.165, 1.54) is 4.90 Å². The first-order chi connectivity index (χ1) is 11.3. The molecule has 2 amide bonds. The monoisotopic (exact) mass is 334 g/mol. The van der Waals surface area contributed by atoms with Crippen LogP contribution in [-0.2, 0) is 20.9 Å². The molecule has 6 nitrogen and oxygen atoms in total. The fraction of sp³-hybridized carbons (Fsp3) is 0.556. The maximum absolute atomic E-state index is 12.3. The molecule has 1 aromatic carbocycles. The van der Waals surface area contributed by atoms with Gasteiger partial charge in [0, 0.05) is 13.1 Å². The molecule has 1 heterocycles. The van der Waals surface area contributed by atoms with Crippen LogP contribution in [0.1, 0.15) is 32.8 Å². The third-order valence-corrected chi connectivity index (χ3v) is 3.55. The van der Waals surface area contributed by atoms with Gasteiger partial charge in [0.1, 0.15) is 18.9 Å². The highest BCUT2D eigenvalue weighted by Crippen LogP contribution is 2.13. The van der Waals surface area contributed by atoms with Gasteiger partial charge in [-0.15, -0.1) is 0 Å². The topological polar surface area (TPSA) is 59.1 Å². The van der Waals surface area contributed by atoms with Crippen molar-refractivity contribution in [1.29, 1.82) is 0 Å². The number of rotatable bonds is 4. The van der Waals surface area contributed by atoms with Crippen molar-refractivity contribution in [2.75, 3.05) is 26.4 Å². The number of carbonyl (C=O) groups is 2. The zero-order valence-corrected chi connectivity index (χ0v) is 14.7. The van der Waals surface area contributed by atoms with Gasteiger partial charge < -0.3 is 14.4 Å². The number of hydrogen-bond donors (Lipinski definition) is 0. The van der Waals surface area contributed by atoms with E-state index in [0.717, 1.165) is 5.56 Å². The van der Waals surface area contributed by atoms with Gasteiger partial charge in [-0.2, -0.15) is 0 Å². The summed E-state index contributed by atoms with van der Waals surface area (Å²) in [5.74, 6) is -0.119. The molecule has 1 aromatic rings. The molecule has 0 unspecified atom stereocenters. The van der Waals surface area contributed by atoms with Gasteiger partial charge in [-0.1, -0.05) is 30.3 Å². The summed E-state index contributed by atoms with van der Waals surface area (Å²) in [6, 6.07) is 9.82. The maximum Gasteiger partial charge on any atom is 0.410 e. The van der Waals surface area contributed by atoms with Crippen molar-refractivity contribution in [1.82, 2.24) is 9.80 Å². The number of hydrogen-bond acceptors (Lipinski definition) is 4. The highest BCUT2D eigenvalue weighted by Gasteiger charge is 2.28. The van der Waals surface area contributed by atoms with Crippen molar-refractivity contribution >= 4 is 12.0 Å². The minimum Gasteiger partial charge on any atom is -0.444 e. The smallest absolute Gasteiger partial charge is 0.410 e. The molecule has 132 valence electrons. The minimum absolute atomic E-state index is 0.0314. The van der Waals surface area contributed by atoms with Gasteiger partial charge in [0.15, 0.2) is 0 Å². The minimum atomic E-state index is -0.565. The normalized spacial score (nSPS) is 16.0. The van der Waals surface area contributed by atoms with E-state index in [-0.39, 0.29) is 19.2 Å². The van der Waals surface area contributed by atoms with E-state index in [2.05, 4.69) is 0 Å². The number of benzene rings is 1. The van der Waals surface area contributed by atoms with Crippen molar-refractivity contribution in [3.8, 4) is 0 Å². The van der Waals surface area contributed by atoms with Crippen molar-refractivity contribution in [3.05, 3.63) is 35.9 Å². The van der Waals surface area contributed by atoms with Crippen LogP contribution < -0.4 is 0 Å². The number of nitrogens with zero attached hydrogens (tertiary/aromatic N) is 2. The van der Waals surface area contributed by atoms with E-state index in [4.69, 9.17) is 9.47 Å². The molecule has 1 fully saturated rings. The fourth-order valence-electron chi connectivity index (χ4n) is 2.39. The molecule has 6 heteroatoms. The van der Waals surface area contributed by atoms with Crippen LogP contribution in [0.4, 0.5) is 4.79 Å². The SMILES string of the molecule is CC(C)(C)OC(=O)N1CCCN(COCc2ccccc2)C(=O)C1. The van der Waals surface area contributed by atoms with E-state index in [0.29, 0.717) is 26.1 Å². The summed E-state index contributed by atoms with van der Waals surface area (Å²) in [4.78, 5) is 27.6. The maximum atomic E-state index is 12.3. The summed E-state index contributed by atoms with van der Waals surface area (Å²) in [5.41, 5.74) is 0.500. The first kappa shape index (κ1) is 18.3. The highest BCUT2D eigenvalue weighted by atomic mass is 16.6. The lowest BCUT2D eigenvalue weighted by molar-refractivity contribution is -0.137. The molecule has 0 saturated carbocycles. The Hall–Kier alpha value is -2.08. The predicted octanol–water partition coefficient (Wildman–Crippen LogP) is 2.63. The van der Waals surface area contributed by atoms with Gasteiger partial charge in [-0.25, -0.2) is 4.79 Å². The van der Waals surface area contributed by atoms with Gasteiger partial charge in [-0.05, 0) is 32.8 Å². The average Bonchev–Trinajstić information content (AvgIpc) is 2.69. The zero-order chi connectivity index (χ0) is 17.6. The van der Waals surface area contributed by atoms with Crippen LogP contribution in [0, 0.1) is 0 Å². The summed E-state index contributed by atoms with van der Waals surface area (Å²) in [6.07, 6.45) is 0.266. The number of ether oxygens (including phenoxy) is 2. The van der Waals surface area contributed by atoms with Gasteiger partial charge >= 0.3 is 6.09 Å². The Bertz CT molecular complexity index is 554. The van der Waals surface area contributed by atoms with Crippen LogP contribution in [0.5, 0.6) is 0 Å². The zero-order valence-electron chi connectivity index (χ0n) is 14.7. The first-order valence-corrected chi connectivity index (χ1v) is 8.22. The quantitative estimate of drug-likeness (QED) is 0.849. The molecular weight excluding hydrogens is 308 g/mol. The van der Waals surface area contributed by atoms with Crippen LogP contribution in [0.3, 0.4) is 0 Å². The van der Waals surface area contributed by atoms with E-state index in [1.54, 1.807) is 4.90 Å². The van der Waals surface area contributed by atoms with Crippen LogP contribution >= 0.6 is 0 Å². The second-order valence-corrected chi connectivity index (χ2v) is 6.88. The Morgan fingerprint density at radius 1 is 1.17 bits per heavy atom. The summed E-state index contributed by atoms with van der Waals surface area (Å²) < 4.78 is 11.0. The Labute approximate surface area is 143 Å². The molecule has 2 rings (SSSR count). The van der Waals surface area contributed by atoms with Gasteiger partial charge in [0.2, 0.25) is 5.91 Å². The summed E-state index contributed by atoms with van der Waals surface area (Å²) >= 11 is 0. The first-order valence-electron chi connectivity index (χ1n) is 8.22. The van der Waals surface area contributed by atoms with Gasteiger partial charge in [-0.3, -0.25) is 9.69 Å². The fourth-order valence-corrected chi connectivity index (χ4v) is 2.39. The number of amides is 2. The standard InChI is InChI=1S/C18H26N2O4/c1-18(2,3)24-17(22)19-10-7-11-20(16(21)12-19)14-23-13-15-8-5-4-6-9-15/h4-6,8-9H,7,10-14H2,1-3H3. The Kier molecular flexibility index (Phi) is 6.20. The Balaban J connectivity index is 1.82. The second-order valence-electron chi connectivity index (χ2n) is 6.88. The average molecular weight is 334 g/mol. The molecule has 0 aliphatic carbocycles. The third-order valence-electron chi connectivity index (χ3n) is 3.55. The summed E-state index contributed by atoms with van der Waals surface area (Å²) in [6.45, 7) is 7.25. The van der Waals surface area contributed by atoms with E-state index < -0.39 is 11.7 Å². The molecule has 0 N–H and O–H groups in total. The highest BCUT2D eigenvalue weighted by molar-refractivity contribution is 5.82. The Morgan fingerprint density at radius 2 is 1.88 bits per heavy atom. The number of carbonyl (C=O) groups excluding carboxylic acids is 2. The lowest BCUT2D eigenvalue weighted by Gasteiger charge is -2.26. The lowest BCUT2D eigenvalue weighted by Crippen LogP contribution is -2.42. The molecule has 0 atom stereocenters. The largest absolute Gasteiger partial charge is 0.444 e. The Morgan fingerprint density at radius 3 is 2.54 bits per heavy atom. The van der Waals surface area contributed by atoms with Crippen LogP contribution in [0.2, 0.25) is 0 Å². The van der Waals surface area contributed by atoms with E-state index in [1.807, 2.05) is 51.1 Å². The molecule has 1 aliphatic heterocycles. The molecular formula is C18H26N2O4. The van der Waals surface area contributed by atoms with Crippen molar-refractivity contribution in [3.63, 3.8) is 0 Å². The second kappa shape index (κ2) is 8.15. The van der Waals surface area contributed by atoms with E-state index in [9.17, 15) is 9.59 Å². The molecule has 24 heavy (non-hydrogen) atoms. The van der Waals surface area contributed by atoms with Crippen molar-refractivity contribution in [2.45, 2.75) is 39.4 Å². The summed E-state index contributed by atoms with van der Waals surface area (Å²) in [7, 11) is 0. The van der Waals surface area contributed by atoms with Crippen LogP contribution in [-0.4, -0.2) is 53.8 Å². The predicted molar refractivity (Wildman–Crippen MR) is 90.2 cm³/mol. The molecule has 1 saturated heterocycles. The third kappa shape index (κ3) is 5.85. The van der Waals surface area contributed by atoms with Crippen LogP contribution in [0.25, 0.3) is 0 Å². The molecule has 0 bridgehead atoms. The van der Waals surface area contributed by atoms with Crippen molar-refractivity contribution < 1.29 is 19.1 Å². The van der Waals surface area contributed by atoms with Crippen LogP contribution in [0.15, 0.2) is 30.3 Å². The molecule has 0 spiro atoms. The molecule has 1 aliphatic rings. The van der Waals surface area contributed by atoms with Gasteiger partial charge in [0.05, 0.1) is 6.61 Å². The van der Waals surface area contributed by atoms with E-state index >= 15 is 0 Å². The summed E-state index contributed by atoms with van der Waals surface area (Å²) in [5, 5.41) is 0. The lowest BCUT2D eigenvalue weighted by atomic mass is 10.2. The molecule has 0 radical (unpaired) electrons. The molecule has 0 aromatic heterocycles. The van der Waals surface area contributed by atoms with Crippen molar-refractivity contribution in [2.24, 2.45) is 0 Å². The van der Waals surface area contributed by atoms with Gasteiger partial charge in [0.25, 0.3) is 0 Å².